The molecule has 2 unspecified atom stereocenters. The minimum Gasteiger partial charge on any atom is -0.369 e. The summed E-state index contributed by atoms with van der Waals surface area (Å²) in [6, 6.07) is 8.34. The SMILES string of the molecule is CCCNCC(OC(C)CC(C)C)c1ccccc1Br. The average Bonchev–Trinajstić information content (AvgIpc) is 2.37. The van der Waals surface area contributed by atoms with Crippen LogP contribution in [0, 0.1) is 5.92 Å². The third kappa shape index (κ3) is 6.38. The molecule has 0 radical (unpaired) electrons. The van der Waals surface area contributed by atoms with Crippen LogP contribution in [-0.2, 0) is 4.74 Å². The van der Waals surface area contributed by atoms with E-state index in [0.717, 1.165) is 30.4 Å². The van der Waals surface area contributed by atoms with Gasteiger partial charge in [0.05, 0.1) is 12.2 Å². The molecule has 0 aromatic heterocycles. The highest BCUT2D eigenvalue weighted by atomic mass is 79.9. The lowest BCUT2D eigenvalue weighted by molar-refractivity contribution is -0.0128. The molecule has 3 heteroatoms. The van der Waals surface area contributed by atoms with Crippen LogP contribution in [0.1, 0.15) is 52.2 Å². The zero-order valence-electron chi connectivity index (χ0n) is 13.2. The molecule has 2 nitrogen and oxygen atoms in total. The van der Waals surface area contributed by atoms with Gasteiger partial charge in [-0.05, 0) is 43.9 Å². The molecule has 20 heavy (non-hydrogen) atoms. The highest BCUT2D eigenvalue weighted by molar-refractivity contribution is 9.10. The summed E-state index contributed by atoms with van der Waals surface area (Å²) < 4.78 is 7.41. The Balaban J connectivity index is 2.72. The maximum Gasteiger partial charge on any atom is 0.0963 e. The number of benzene rings is 1. The van der Waals surface area contributed by atoms with Crippen molar-refractivity contribution in [3.05, 3.63) is 34.3 Å². The molecule has 0 heterocycles. The van der Waals surface area contributed by atoms with Crippen molar-refractivity contribution < 1.29 is 4.74 Å². The largest absolute Gasteiger partial charge is 0.369 e. The summed E-state index contributed by atoms with van der Waals surface area (Å²) in [7, 11) is 0. The number of hydrogen-bond acceptors (Lipinski definition) is 2. The lowest BCUT2D eigenvalue weighted by Crippen LogP contribution is -2.27. The van der Waals surface area contributed by atoms with E-state index in [2.05, 4.69) is 67.1 Å². The zero-order chi connectivity index (χ0) is 15.0. The van der Waals surface area contributed by atoms with E-state index in [9.17, 15) is 0 Å². The molecule has 0 bridgehead atoms. The Morgan fingerprint density at radius 3 is 2.50 bits per heavy atom. The molecule has 1 aromatic rings. The van der Waals surface area contributed by atoms with Gasteiger partial charge in [0.15, 0.2) is 0 Å². The summed E-state index contributed by atoms with van der Waals surface area (Å²) in [5, 5.41) is 3.47. The van der Waals surface area contributed by atoms with Crippen LogP contribution in [0.4, 0.5) is 0 Å². The maximum atomic E-state index is 6.28. The highest BCUT2D eigenvalue weighted by Gasteiger charge is 2.18. The van der Waals surface area contributed by atoms with Gasteiger partial charge in [0.2, 0.25) is 0 Å². The minimum atomic E-state index is 0.103. The molecule has 0 saturated carbocycles. The fourth-order valence-electron chi connectivity index (χ4n) is 2.38. The molecule has 0 amide bonds. The van der Waals surface area contributed by atoms with Crippen LogP contribution in [-0.4, -0.2) is 19.2 Å². The first-order valence-electron chi connectivity index (χ1n) is 7.65. The van der Waals surface area contributed by atoms with Crippen molar-refractivity contribution in [3.8, 4) is 0 Å². The van der Waals surface area contributed by atoms with Crippen molar-refractivity contribution in [1.29, 1.82) is 0 Å². The second-order valence-electron chi connectivity index (χ2n) is 5.79. The van der Waals surface area contributed by atoms with Crippen molar-refractivity contribution in [3.63, 3.8) is 0 Å². The number of halogens is 1. The average molecular weight is 342 g/mol. The van der Waals surface area contributed by atoms with E-state index in [-0.39, 0.29) is 12.2 Å². The van der Waals surface area contributed by atoms with Gasteiger partial charge in [-0.25, -0.2) is 0 Å². The molecule has 1 aromatic carbocycles. The van der Waals surface area contributed by atoms with Crippen LogP contribution in [0.15, 0.2) is 28.7 Å². The van der Waals surface area contributed by atoms with Gasteiger partial charge in [-0.3, -0.25) is 0 Å². The van der Waals surface area contributed by atoms with E-state index >= 15 is 0 Å². The van der Waals surface area contributed by atoms with Gasteiger partial charge in [0.1, 0.15) is 0 Å². The molecule has 0 spiro atoms. The van der Waals surface area contributed by atoms with Crippen molar-refractivity contribution in [2.45, 2.75) is 52.7 Å². The van der Waals surface area contributed by atoms with Crippen molar-refractivity contribution in [1.82, 2.24) is 5.32 Å². The smallest absolute Gasteiger partial charge is 0.0963 e. The van der Waals surface area contributed by atoms with E-state index in [1.165, 1.54) is 5.56 Å². The van der Waals surface area contributed by atoms with E-state index in [1.54, 1.807) is 0 Å². The molecule has 0 aliphatic rings. The Bertz CT molecular complexity index is 381. The van der Waals surface area contributed by atoms with Gasteiger partial charge in [0.25, 0.3) is 0 Å². The lowest BCUT2D eigenvalue weighted by Gasteiger charge is -2.25. The monoisotopic (exact) mass is 341 g/mol. The second kappa shape index (κ2) is 9.54. The Labute approximate surface area is 132 Å². The van der Waals surface area contributed by atoms with Crippen LogP contribution in [0.25, 0.3) is 0 Å². The quantitative estimate of drug-likeness (QED) is 0.642. The summed E-state index contributed by atoms with van der Waals surface area (Å²) in [6.07, 6.45) is 2.61. The standard InChI is InChI=1S/C17H28BrNO/c1-5-10-19-12-17(20-14(4)11-13(2)3)15-8-6-7-9-16(15)18/h6-9,13-14,17,19H,5,10-12H2,1-4H3. The molecule has 1 N–H and O–H groups in total. The summed E-state index contributed by atoms with van der Waals surface area (Å²) in [5.41, 5.74) is 1.23. The van der Waals surface area contributed by atoms with E-state index in [0.29, 0.717) is 5.92 Å². The van der Waals surface area contributed by atoms with Gasteiger partial charge in [-0.1, -0.05) is 54.9 Å². The third-order valence-electron chi connectivity index (χ3n) is 3.21. The lowest BCUT2D eigenvalue weighted by atomic mass is 10.1. The molecule has 0 fully saturated rings. The number of ether oxygens (including phenoxy) is 1. The Morgan fingerprint density at radius 2 is 1.90 bits per heavy atom. The molecule has 0 saturated heterocycles. The molecule has 2 atom stereocenters. The van der Waals surface area contributed by atoms with Crippen LogP contribution in [0.2, 0.25) is 0 Å². The summed E-state index contributed by atoms with van der Waals surface area (Å²) in [4.78, 5) is 0. The Hall–Kier alpha value is -0.380. The number of nitrogens with one attached hydrogen (secondary N) is 1. The highest BCUT2D eigenvalue weighted by Crippen LogP contribution is 2.27. The fraction of sp³-hybridized carbons (Fsp3) is 0.647. The second-order valence-corrected chi connectivity index (χ2v) is 6.64. The predicted octanol–water partition coefficient (Wildman–Crippen LogP) is 4.94. The first kappa shape index (κ1) is 17.7. The Morgan fingerprint density at radius 1 is 1.20 bits per heavy atom. The zero-order valence-corrected chi connectivity index (χ0v) is 14.7. The van der Waals surface area contributed by atoms with Gasteiger partial charge in [-0.15, -0.1) is 0 Å². The van der Waals surface area contributed by atoms with E-state index < -0.39 is 0 Å². The number of hydrogen-bond donors (Lipinski definition) is 1. The van der Waals surface area contributed by atoms with Crippen LogP contribution < -0.4 is 5.32 Å². The third-order valence-corrected chi connectivity index (χ3v) is 3.93. The molecule has 0 aliphatic heterocycles. The van der Waals surface area contributed by atoms with Crippen LogP contribution in [0.5, 0.6) is 0 Å². The topological polar surface area (TPSA) is 21.3 Å². The van der Waals surface area contributed by atoms with Crippen LogP contribution in [0.3, 0.4) is 0 Å². The number of rotatable bonds is 9. The molecular weight excluding hydrogens is 314 g/mol. The molecule has 114 valence electrons. The summed E-state index contributed by atoms with van der Waals surface area (Å²) in [5.74, 6) is 0.661. The predicted molar refractivity (Wildman–Crippen MR) is 90.0 cm³/mol. The first-order valence-corrected chi connectivity index (χ1v) is 8.44. The molecule has 0 aliphatic carbocycles. The van der Waals surface area contributed by atoms with Crippen LogP contribution >= 0.6 is 15.9 Å². The summed E-state index contributed by atoms with van der Waals surface area (Å²) >= 11 is 3.64. The Kier molecular flexibility index (Phi) is 8.43. The van der Waals surface area contributed by atoms with Crippen molar-refractivity contribution in [2.75, 3.05) is 13.1 Å². The van der Waals surface area contributed by atoms with Gasteiger partial charge < -0.3 is 10.1 Å². The maximum absolute atomic E-state index is 6.28. The van der Waals surface area contributed by atoms with Gasteiger partial charge in [0, 0.05) is 11.0 Å². The van der Waals surface area contributed by atoms with E-state index in [4.69, 9.17) is 4.74 Å². The minimum absolute atomic E-state index is 0.103. The van der Waals surface area contributed by atoms with Gasteiger partial charge >= 0.3 is 0 Å². The van der Waals surface area contributed by atoms with Crippen molar-refractivity contribution in [2.24, 2.45) is 5.92 Å². The molecular formula is C17H28BrNO. The normalized spacial score (nSPS) is 14.5. The fourth-order valence-corrected chi connectivity index (χ4v) is 2.92. The molecule has 1 rings (SSSR count). The van der Waals surface area contributed by atoms with E-state index in [1.807, 2.05) is 6.07 Å². The first-order chi connectivity index (χ1) is 9.54. The van der Waals surface area contributed by atoms with Gasteiger partial charge in [-0.2, -0.15) is 0 Å². The van der Waals surface area contributed by atoms with Crippen molar-refractivity contribution >= 4 is 15.9 Å². The summed E-state index contributed by atoms with van der Waals surface area (Å²) in [6.45, 7) is 10.7.